The molecule has 3 rings (SSSR count). The number of carbonyl (C=O) groups is 1. The minimum absolute atomic E-state index is 0.118. The molecule has 0 fully saturated rings. The molecule has 7 nitrogen and oxygen atoms in total. The number of nitrogens with one attached hydrogen (secondary N) is 2. The molecule has 2 aromatic carbocycles. The van der Waals surface area contributed by atoms with Crippen LogP contribution in [0.3, 0.4) is 0 Å². The number of rotatable bonds is 7. The summed E-state index contributed by atoms with van der Waals surface area (Å²) < 4.78 is 27.5. The van der Waals surface area contributed by atoms with Crippen molar-refractivity contribution in [3.05, 3.63) is 83.7 Å². The molecule has 0 atom stereocenters. The summed E-state index contributed by atoms with van der Waals surface area (Å²) in [6.07, 6.45) is 3.63. The number of aromatic nitrogens is 2. The number of nitrogens with zero attached hydrogens (tertiary/aromatic N) is 2. The third-order valence-electron chi connectivity index (χ3n) is 4.04. The molecule has 27 heavy (non-hydrogen) atoms. The van der Waals surface area contributed by atoms with Crippen molar-refractivity contribution >= 4 is 15.9 Å². The first kappa shape index (κ1) is 18.8. The third-order valence-corrected chi connectivity index (χ3v) is 5.47. The lowest BCUT2D eigenvalue weighted by molar-refractivity contribution is 0.0951. The Morgan fingerprint density at radius 2 is 1.81 bits per heavy atom. The smallest absolute Gasteiger partial charge is 0.251 e. The minimum atomic E-state index is -3.51. The van der Waals surface area contributed by atoms with Crippen LogP contribution in [0.15, 0.2) is 71.9 Å². The maximum absolute atomic E-state index is 12.3. The van der Waals surface area contributed by atoms with Crippen molar-refractivity contribution in [1.82, 2.24) is 19.8 Å². The Balaban J connectivity index is 1.62. The van der Waals surface area contributed by atoms with Crippen LogP contribution in [-0.2, 0) is 23.1 Å². The zero-order valence-electron chi connectivity index (χ0n) is 14.8. The van der Waals surface area contributed by atoms with E-state index in [1.54, 1.807) is 6.20 Å². The molecule has 0 saturated heterocycles. The SMILES string of the molecule is CNS(=O)(=O)c1ccc(C(=O)NCc2cccc(Cn3cccn3)c2)cc1. The molecular weight excluding hydrogens is 364 g/mol. The van der Waals surface area contributed by atoms with Crippen molar-refractivity contribution in [2.75, 3.05) is 7.05 Å². The molecule has 0 radical (unpaired) electrons. The highest BCUT2D eigenvalue weighted by Crippen LogP contribution is 2.11. The monoisotopic (exact) mass is 384 g/mol. The average Bonchev–Trinajstić information content (AvgIpc) is 3.19. The van der Waals surface area contributed by atoms with Gasteiger partial charge in [-0.15, -0.1) is 0 Å². The lowest BCUT2D eigenvalue weighted by atomic mass is 10.1. The molecular formula is C19H20N4O3S. The van der Waals surface area contributed by atoms with Crippen LogP contribution in [0.4, 0.5) is 0 Å². The molecule has 0 aliphatic heterocycles. The highest BCUT2D eigenvalue weighted by molar-refractivity contribution is 7.89. The standard InChI is InChI=1S/C19H20N4O3S/c1-20-27(25,26)18-8-6-17(7-9-18)19(24)21-13-15-4-2-5-16(12-15)14-23-11-3-10-22-23/h2-12,20H,13-14H2,1H3,(H,21,24). The van der Waals surface area contributed by atoms with E-state index in [0.29, 0.717) is 18.7 Å². The van der Waals surface area contributed by atoms with Gasteiger partial charge in [0.05, 0.1) is 11.4 Å². The van der Waals surface area contributed by atoms with E-state index in [2.05, 4.69) is 15.1 Å². The molecule has 2 N–H and O–H groups in total. The molecule has 0 aliphatic rings. The zero-order valence-corrected chi connectivity index (χ0v) is 15.6. The first-order valence-electron chi connectivity index (χ1n) is 8.35. The first-order valence-corrected chi connectivity index (χ1v) is 9.83. The summed E-state index contributed by atoms with van der Waals surface area (Å²) in [5, 5.41) is 7.03. The van der Waals surface area contributed by atoms with Crippen molar-refractivity contribution in [2.24, 2.45) is 0 Å². The fourth-order valence-electron chi connectivity index (χ4n) is 2.61. The Kier molecular flexibility index (Phi) is 5.68. The number of sulfonamides is 1. The number of hydrogen-bond acceptors (Lipinski definition) is 4. The van der Waals surface area contributed by atoms with E-state index >= 15 is 0 Å². The van der Waals surface area contributed by atoms with Crippen LogP contribution in [0.25, 0.3) is 0 Å². The Morgan fingerprint density at radius 3 is 2.48 bits per heavy atom. The highest BCUT2D eigenvalue weighted by atomic mass is 32.2. The lowest BCUT2D eigenvalue weighted by Gasteiger charge is -2.08. The third kappa shape index (κ3) is 4.81. The van der Waals surface area contributed by atoms with Gasteiger partial charge in [0.1, 0.15) is 0 Å². The van der Waals surface area contributed by atoms with Gasteiger partial charge in [-0.25, -0.2) is 13.1 Å². The van der Waals surface area contributed by atoms with Crippen molar-refractivity contribution in [3.8, 4) is 0 Å². The Morgan fingerprint density at radius 1 is 1.07 bits per heavy atom. The van der Waals surface area contributed by atoms with Gasteiger partial charge in [-0.05, 0) is 48.5 Å². The number of hydrogen-bond donors (Lipinski definition) is 2. The van der Waals surface area contributed by atoms with Crippen LogP contribution in [-0.4, -0.2) is 31.2 Å². The predicted octanol–water partition coefficient (Wildman–Crippen LogP) is 1.77. The second kappa shape index (κ2) is 8.15. The molecule has 1 amide bonds. The summed E-state index contributed by atoms with van der Waals surface area (Å²) in [6, 6.07) is 15.6. The first-order chi connectivity index (χ1) is 13.0. The summed E-state index contributed by atoms with van der Waals surface area (Å²) >= 11 is 0. The number of benzene rings is 2. The number of amides is 1. The van der Waals surface area contributed by atoms with Gasteiger partial charge in [0, 0.05) is 24.5 Å². The molecule has 140 valence electrons. The summed E-state index contributed by atoms with van der Waals surface area (Å²) in [5.41, 5.74) is 2.47. The molecule has 0 saturated carbocycles. The summed E-state index contributed by atoms with van der Waals surface area (Å²) in [6.45, 7) is 1.04. The van der Waals surface area contributed by atoms with Gasteiger partial charge in [0.25, 0.3) is 5.91 Å². The van der Waals surface area contributed by atoms with Gasteiger partial charge in [-0.1, -0.05) is 24.3 Å². The predicted molar refractivity (Wildman–Crippen MR) is 102 cm³/mol. The average molecular weight is 384 g/mol. The van der Waals surface area contributed by atoms with Crippen molar-refractivity contribution in [3.63, 3.8) is 0 Å². The minimum Gasteiger partial charge on any atom is -0.348 e. The molecule has 0 bridgehead atoms. The van der Waals surface area contributed by atoms with Gasteiger partial charge in [-0.3, -0.25) is 9.48 Å². The van der Waals surface area contributed by atoms with E-state index < -0.39 is 10.0 Å². The Hall–Kier alpha value is -2.97. The summed E-state index contributed by atoms with van der Waals surface area (Å²) in [7, 11) is -2.17. The van der Waals surface area contributed by atoms with Crippen molar-refractivity contribution < 1.29 is 13.2 Å². The van der Waals surface area contributed by atoms with Gasteiger partial charge in [0.2, 0.25) is 10.0 Å². The fourth-order valence-corrected chi connectivity index (χ4v) is 3.34. The lowest BCUT2D eigenvalue weighted by Crippen LogP contribution is -2.23. The van der Waals surface area contributed by atoms with Gasteiger partial charge in [-0.2, -0.15) is 5.10 Å². The van der Waals surface area contributed by atoms with E-state index in [1.165, 1.54) is 31.3 Å². The molecule has 0 unspecified atom stereocenters. The van der Waals surface area contributed by atoms with E-state index in [1.807, 2.05) is 41.2 Å². The fraction of sp³-hybridized carbons (Fsp3) is 0.158. The summed E-state index contributed by atoms with van der Waals surface area (Å²) in [4.78, 5) is 12.4. The molecule has 0 spiro atoms. The van der Waals surface area contributed by atoms with Gasteiger partial charge >= 0.3 is 0 Å². The molecule has 1 aromatic heterocycles. The van der Waals surface area contributed by atoms with Crippen LogP contribution in [0.1, 0.15) is 21.5 Å². The highest BCUT2D eigenvalue weighted by Gasteiger charge is 2.12. The van der Waals surface area contributed by atoms with Crippen LogP contribution in [0.5, 0.6) is 0 Å². The van der Waals surface area contributed by atoms with Crippen molar-refractivity contribution in [1.29, 1.82) is 0 Å². The quantitative estimate of drug-likeness (QED) is 0.649. The van der Waals surface area contributed by atoms with Crippen LogP contribution >= 0.6 is 0 Å². The van der Waals surface area contributed by atoms with Gasteiger partial charge in [0.15, 0.2) is 0 Å². The second-order valence-corrected chi connectivity index (χ2v) is 7.82. The maximum atomic E-state index is 12.3. The second-order valence-electron chi connectivity index (χ2n) is 5.94. The van der Waals surface area contributed by atoms with Crippen LogP contribution < -0.4 is 10.0 Å². The molecule has 0 aliphatic carbocycles. The maximum Gasteiger partial charge on any atom is 0.251 e. The summed E-state index contributed by atoms with van der Waals surface area (Å²) in [5.74, 6) is -0.263. The van der Waals surface area contributed by atoms with Gasteiger partial charge < -0.3 is 5.32 Å². The van der Waals surface area contributed by atoms with Crippen molar-refractivity contribution in [2.45, 2.75) is 18.0 Å². The van der Waals surface area contributed by atoms with Crippen LogP contribution in [0.2, 0.25) is 0 Å². The van der Waals surface area contributed by atoms with E-state index in [-0.39, 0.29) is 10.8 Å². The van der Waals surface area contributed by atoms with E-state index in [9.17, 15) is 13.2 Å². The Bertz CT molecular complexity index is 1010. The van der Waals surface area contributed by atoms with E-state index in [4.69, 9.17) is 0 Å². The molecule has 8 heteroatoms. The number of carbonyl (C=O) groups excluding carboxylic acids is 1. The normalized spacial score (nSPS) is 11.3. The zero-order chi connectivity index (χ0) is 19.3. The topological polar surface area (TPSA) is 93.1 Å². The molecule has 3 aromatic rings. The Labute approximate surface area is 158 Å². The van der Waals surface area contributed by atoms with E-state index in [0.717, 1.165) is 11.1 Å². The largest absolute Gasteiger partial charge is 0.348 e. The molecule has 1 heterocycles. The van der Waals surface area contributed by atoms with Crippen LogP contribution in [0, 0.1) is 0 Å².